The molecular formula is C13H21N3O2. The molecular weight excluding hydrogens is 230 g/mol. The maximum atomic E-state index is 12.0. The predicted octanol–water partition coefficient (Wildman–Crippen LogP) is 0.837. The first-order valence-electron chi connectivity index (χ1n) is 6.17. The molecule has 0 saturated carbocycles. The second-order valence-electron chi connectivity index (χ2n) is 3.94. The summed E-state index contributed by atoms with van der Waals surface area (Å²) in [6.07, 6.45) is 0. The summed E-state index contributed by atoms with van der Waals surface area (Å²) < 4.78 is 0. The van der Waals surface area contributed by atoms with Crippen LogP contribution in [0.15, 0.2) is 18.2 Å². The van der Waals surface area contributed by atoms with Crippen LogP contribution in [0.1, 0.15) is 24.2 Å². The number of carbonyl (C=O) groups is 1. The smallest absolute Gasteiger partial charge is 0.253 e. The Morgan fingerprint density at radius 3 is 2.72 bits per heavy atom. The van der Waals surface area contributed by atoms with Crippen molar-refractivity contribution in [3.63, 3.8) is 0 Å². The molecule has 1 amide bonds. The van der Waals surface area contributed by atoms with E-state index in [1.165, 1.54) is 0 Å². The molecule has 0 aliphatic rings. The molecule has 0 saturated heterocycles. The van der Waals surface area contributed by atoms with E-state index in [9.17, 15) is 4.79 Å². The minimum Gasteiger partial charge on any atom is -0.399 e. The van der Waals surface area contributed by atoms with E-state index in [2.05, 4.69) is 5.32 Å². The lowest BCUT2D eigenvalue weighted by molar-refractivity contribution is 0.0956. The van der Waals surface area contributed by atoms with Crippen LogP contribution in [0, 0.1) is 0 Å². The number of rotatable bonds is 6. The van der Waals surface area contributed by atoms with Gasteiger partial charge in [-0.25, -0.2) is 0 Å². The van der Waals surface area contributed by atoms with Gasteiger partial charge in [-0.2, -0.15) is 0 Å². The summed E-state index contributed by atoms with van der Waals surface area (Å²) in [4.78, 5) is 13.9. The highest BCUT2D eigenvalue weighted by molar-refractivity contribution is 6.00. The van der Waals surface area contributed by atoms with Crippen molar-refractivity contribution in [2.75, 3.05) is 36.9 Å². The Bertz CT molecular complexity index is 407. The predicted molar refractivity (Wildman–Crippen MR) is 73.8 cm³/mol. The fourth-order valence-corrected chi connectivity index (χ4v) is 1.83. The van der Waals surface area contributed by atoms with Crippen LogP contribution in [-0.4, -0.2) is 37.3 Å². The Kier molecular flexibility index (Phi) is 5.45. The second kappa shape index (κ2) is 6.86. The van der Waals surface area contributed by atoms with Gasteiger partial charge in [-0.1, -0.05) is 0 Å². The molecule has 100 valence electrons. The van der Waals surface area contributed by atoms with Crippen molar-refractivity contribution >= 4 is 17.3 Å². The number of nitrogen functional groups attached to an aromatic ring is 1. The molecule has 1 aromatic carbocycles. The average Bonchev–Trinajstić information content (AvgIpc) is 2.36. The number of hydrogen-bond donors (Lipinski definition) is 3. The van der Waals surface area contributed by atoms with E-state index < -0.39 is 0 Å². The molecule has 0 bridgehead atoms. The minimum absolute atomic E-state index is 0.0392. The van der Waals surface area contributed by atoms with Crippen molar-refractivity contribution in [2.24, 2.45) is 0 Å². The normalized spacial score (nSPS) is 10.2. The first-order valence-corrected chi connectivity index (χ1v) is 6.17. The van der Waals surface area contributed by atoms with Gasteiger partial charge in [0.15, 0.2) is 0 Å². The minimum atomic E-state index is -0.121. The third-order valence-corrected chi connectivity index (χ3v) is 2.70. The van der Waals surface area contributed by atoms with Crippen molar-refractivity contribution in [3.05, 3.63) is 23.8 Å². The van der Waals surface area contributed by atoms with Crippen molar-refractivity contribution in [2.45, 2.75) is 13.8 Å². The Hall–Kier alpha value is -1.75. The molecule has 0 radical (unpaired) electrons. The molecule has 5 nitrogen and oxygen atoms in total. The van der Waals surface area contributed by atoms with Gasteiger partial charge in [0.25, 0.3) is 5.91 Å². The maximum absolute atomic E-state index is 12.0. The first kappa shape index (κ1) is 14.3. The summed E-state index contributed by atoms with van der Waals surface area (Å²) in [5.41, 5.74) is 7.72. The molecule has 0 fully saturated rings. The fraction of sp³-hybridized carbons (Fsp3) is 0.462. The zero-order chi connectivity index (χ0) is 13.5. The third kappa shape index (κ3) is 3.37. The number of likely N-dealkylation sites (N-methyl/N-ethyl adjacent to an activating group) is 1. The zero-order valence-corrected chi connectivity index (χ0v) is 10.9. The first-order chi connectivity index (χ1) is 8.63. The quantitative estimate of drug-likeness (QED) is 0.655. The van der Waals surface area contributed by atoms with Gasteiger partial charge in [-0.05, 0) is 32.0 Å². The summed E-state index contributed by atoms with van der Waals surface area (Å²) in [5, 5.41) is 11.8. The lowest BCUT2D eigenvalue weighted by Crippen LogP contribution is -2.30. The van der Waals surface area contributed by atoms with Crippen molar-refractivity contribution < 1.29 is 9.90 Å². The SMILES string of the molecule is CCNC(=O)c1ccc(N)cc1N(CC)CCO. The van der Waals surface area contributed by atoms with Crippen molar-refractivity contribution in [1.29, 1.82) is 0 Å². The van der Waals surface area contributed by atoms with E-state index in [0.29, 0.717) is 30.9 Å². The van der Waals surface area contributed by atoms with Gasteiger partial charge in [-0.3, -0.25) is 4.79 Å². The van der Waals surface area contributed by atoms with Gasteiger partial charge >= 0.3 is 0 Å². The molecule has 4 N–H and O–H groups in total. The third-order valence-electron chi connectivity index (χ3n) is 2.70. The fourth-order valence-electron chi connectivity index (χ4n) is 1.83. The number of amides is 1. The largest absolute Gasteiger partial charge is 0.399 e. The number of aliphatic hydroxyl groups excluding tert-OH is 1. The Labute approximate surface area is 108 Å². The van der Waals surface area contributed by atoms with Gasteiger partial charge in [0.05, 0.1) is 17.9 Å². The van der Waals surface area contributed by atoms with Crippen LogP contribution in [0.2, 0.25) is 0 Å². The molecule has 0 spiro atoms. The molecule has 0 atom stereocenters. The van der Waals surface area contributed by atoms with Crippen LogP contribution in [0.4, 0.5) is 11.4 Å². The summed E-state index contributed by atoms with van der Waals surface area (Å²) in [7, 11) is 0. The number of nitrogens with two attached hydrogens (primary N) is 1. The zero-order valence-electron chi connectivity index (χ0n) is 10.9. The molecule has 0 heterocycles. The van der Waals surface area contributed by atoms with Gasteiger partial charge in [-0.15, -0.1) is 0 Å². The van der Waals surface area contributed by atoms with E-state index in [1.54, 1.807) is 18.2 Å². The monoisotopic (exact) mass is 251 g/mol. The summed E-state index contributed by atoms with van der Waals surface area (Å²) in [5.74, 6) is -0.121. The summed E-state index contributed by atoms with van der Waals surface area (Å²) in [6, 6.07) is 5.19. The van der Waals surface area contributed by atoms with Gasteiger partial charge in [0.1, 0.15) is 0 Å². The Balaban J connectivity index is 3.13. The number of nitrogens with one attached hydrogen (secondary N) is 1. The summed E-state index contributed by atoms with van der Waals surface area (Å²) in [6.45, 7) is 5.65. The van der Waals surface area contributed by atoms with Gasteiger partial charge in [0, 0.05) is 25.3 Å². The number of aliphatic hydroxyl groups is 1. The molecule has 18 heavy (non-hydrogen) atoms. The van der Waals surface area contributed by atoms with Crippen molar-refractivity contribution in [1.82, 2.24) is 5.32 Å². The molecule has 1 aromatic rings. The number of benzene rings is 1. The topological polar surface area (TPSA) is 78.6 Å². The maximum Gasteiger partial charge on any atom is 0.253 e. The average molecular weight is 251 g/mol. The highest BCUT2D eigenvalue weighted by Crippen LogP contribution is 2.23. The van der Waals surface area contributed by atoms with Gasteiger partial charge < -0.3 is 21.1 Å². The van der Waals surface area contributed by atoms with Crippen LogP contribution in [0.25, 0.3) is 0 Å². The number of nitrogens with zero attached hydrogens (tertiary/aromatic N) is 1. The molecule has 5 heteroatoms. The molecule has 0 aliphatic heterocycles. The standard InChI is InChI=1S/C13H21N3O2/c1-3-15-13(18)11-6-5-10(14)9-12(11)16(4-2)7-8-17/h5-6,9,17H,3-4,7-8,14H2,1-2H3,(H,15,18). The van der Waals surface area contributed by atoms with E-state index >= 15 is 0 Å². The molecule has 0 unspecified atom stereocenters. The van der Waals surface area contributed by atoms with Crippen LogP contribution in [0.5, 0.6) is 0 Å². The Morgan fingerprint density at radius 1 is 1.44 bits per heavy atom. The number of carbonyl (C=O) groups excluding carboxylic acids is 1. The number of anilines is 2. The Morgan fingerprint density at radius 2 is 2.17 bits per heavy atom. The van der Waals surface area contributed by atoms with Crippen LogP contribution < -0.4 is 16.0 Å². The van der Waals surface area contributed by atoms with Crippen LogP contribution >= 0.6 is 0 Å². The van der Waals surface area contributed by atoms with Crippen molar-refractivity contribution in [3.8, 4) is 0 Å². The van der Waals surface area contributed by atoms with E-state index in [-0.39, 0.29) is 12.5 Å². The molecule has 0 aliphatic carbocycles. The van der Waals surface area contributed by atoms with Gasteiger partial charge in [0.2, 0.25) is 0 Å². The molecule has 1 rings (SSSR count). The highest BCUT2D eigenvalue weighted by Gasteiger charge is 2.15. The van der Waals surface area contributed by atoms with Crippen LogP contribution in [-0.2, 0) is 0 Å². The van der Waals surface area contributed by atoms with Crippen LogP contribution in [0.3, 0.4) is 0 Å². The second-order valence-corrected chi connectivity index (χ2v) is 3.94. The van der Waals surface area contributed by atoms with E-state index in [4.69, 9.17) is 10.8 Å². The van der Waals surface area contributed by atoms with E-state index in [0.717, 1.165) is 5.69 Å². The highest BCUT2D eigenvalue weighted by atomic mass is 16.3. The lowest BCUT2D eigenvalue weighted by atomic mass is 10.1. The lowest BCUT2D eigenvalue weighted by Gasteiger charge is -2.24. The molecule has 0 aromatic heterocycles. The summed E-state index contributed by atoms with van der Waals surface area (Å²) >= 11 is 0. The number of hydrogen-bond acceptors (Lipinski definition) is 4. The van der Waals surface area contributed by atoms with E-state index in [1.807, 2.05) is 18.7 Å².